The van der Waals surface area contributed by atoms with Crippen molar-refractivity contribution in [2.24, 2.45) is 0 Å². The summed E-state index contributed by atoms with van der Waals surface area (Å²) in [5.41, 5.74) is 7.71. The molecule has 0 bridgehead atoms. The standard InChI is InChI=1S/C53H35N3Si/c1-3-19-38(20-4-1)51-54-52(39-21-5-2-6-22-39)56-53(55-51)46-29-12-11-25-41(46)40-33-34-45-44-28-13-14-30-49(44)57(50(45)35-40,47-31-15-23-36-17-7-9-26-42(36)47)48-32-16-24-37-18-8-10-27-43(37)48/h1-35H. The summed E-state index contributed by atoms with van der Waals surface area (Å²) in [5, 5.41) is 10.8. The predicted molar refractivity (Wildman–Crippen MR) is 239 cm³/mol. The van der Waals surface area contributed by atoms with Gasteiger partial charge >= 0.3 is 0 Å². The molecule has 266 valence electrons. The van der Waals surface area contributed by atoms with Gasteiger partial charge in [-0.15, -0.1) is 0 Å². The quantitative estimate of drug-likeness (QED) is 0.159. The fourth-order valence-electron chi connectivity index (χ4n) is 9.14. The number of hydrogen-bond acceptors (Lipinski definition) is 3. The highest BCUT2D eigenvalue weighted by atomic mass is 28.3. The molecule has 0 amide bonds. The minimum Gasteiger partial charge on any atom is -0.208 e. The van der Waals surface area contributed by atoms with Crippen LogP contribution in [0.15, 0.2) is 212 Å². The van der Waals surface area contributed by atoms with Gasteiger partial charge in [0.05, 0.1) is 0 Å². The lowest BCUT2D eigenvalue weighted by Gasteiger charge is -2.33. The Hall–Kier alpha value is -7.27. The summed E-state index contributed by atoms with van der Waals surface area (Å²) in [7, 11) is -2.96. The molecule has 0 saturated carbocycles. The molecule has 0 fully saturated rings. The van der Waals surface area contributed by atoms with Gasteiger partial charge in [-0.25, -0.2) is 15.0 Å². The van der Waals surface area contributed by atoms with Crippen LogP contribution in [-0.2, 0) is 0 Å². The van der Waals surface area contributed by atoms with Crippen molar-refractivity contribution < 1.29 is 0 Å². The molecule has 1 aromatic heterocycles. The second-order valence-electron chi connectivity index (χ2n) is 14.7. The van der Waals surface area contributed by atoms with E-state index in [1.54, 1.807) is 0 Å². The van der Waals surface area contributed by atoms with Gasteiger partial charge in [-0.1, -0.05) is 212 Å². The van der Waals surface area contributed by atoms with E-state index in [1.165, 1.54) is 53.4 Å². The Morgan fingerprint density at radius 2 is 0.702 bits per heavy atom. The van der Waals surface area contributed by atoms with Crippen LogP contribution in [0.1, 0.15) is 0 Å². The number of rotatable bonds is 6. The van der Waals surface area contributed by atoms with Crippen molar-refractivity contribution in [3.05, 3.63) is 212 Å². The summed E-state index contributed by atoms with van der Waals surface area (Å²) in [6.45, 7) is 0. The first kappa shape index (κ1) is 33.1. The van der Waals surface area contributed by atoms with Crippen molar-refractivity contribution >= 4 is 50.4 Å². The monoisotopic (exact) mass is 741 g/mol. The highest BCUT2D eigenvalue weighted by Crippen LogP contribution is 2.37. The molecule has 0 aliphatic carbocycles. The van der Waals surface area contributed by atoms with E-state index in [9.17, 15) is 0 Å². The molecule has 0 atom stereocenters. The van der Waals surface area contributed by atoms with Crippen LogP contribution in [0.4, 0.5) is 0 Å². The van der Waals surface area contributed by atoms with E-state index < -0.39 is 8.07 Å². The Balaban J connectivity index is 1.20. The fourth-order valence-corrected chi connectivity index (χ4v) is 14.8. The van der Waals surface area contributed by atoms with Gasteiger partial charge in [0, 0.05) is 16.7 Å². The van der Waals surface area contributed by atoms with Crippen LogP contribution in [-0.4, -0.2) is 23.0 Å². The number of hydrogen-bond donors (Lipinski definition) is 0. The second-order valence-corrected chi connectivity index (χ2v) is 18.3. The molecule has 1 aliphatic heterocycles. The van der Waals surface area contributed by atoms with Gasteiger partial charge in [-0.05, 0) is 64.5 Å². The minimum atomic E-state index is -2.96. The molecule has 0 N–H and O–H groups in total. The molecule has 10 aromatic rings. The van der Waals surface area contributed by atoms with Gasteiger partial charge in [0.15, 0.2) is 25.5 Å². The van der Waals surface area contributed by atoms with E-state index >= 15 is 0 Å². The highest BCUT2D eigenvalue weighted by Gasteiger charge is 2.50. The summed E-state index contributed by atoms with van der Waals surface area (Å²) in [6, 6.07) is 76.9. The van der Waals surface area contributed by atoms with Crippen LogP contribution in [0, 0.1) is 0 Å². The maximum absolute atomic E-state index is 5.17. The molecule has 4 heteroatoms. The van der Waals surface area contributed by atoms with Gasteiger partial charge in [0.1, 0.15) is 0 Å². The average molecular weight is 742 g/mol. The van der Waals surface area contributed by atoms with E-state index in [2.05, 4.69) is 176 Å². The largest absolute Gasteiger partial charge is 0.208 e. The molecule has 0 saturated heterocycles. The Labute approximate surface area is 332 Å². The van der Waals surface area contributed by atoms with Crippen LogP contribution < -0.4 is 20.7 Å². The highest BCUT2D eigenvalue weighted by molar-refractivity contribution is 7.23. The number of fused-ring (bicyclic) bond motifs is 5. The molecule has 3 nitrogen and oxygen atoms in total. The summed E-state index contributed by atoms with van der Waals surface area (Å²) >= 11 is 0. The number of nitrogens with zero attached hydrogens (tertiary/aromatic N) is 3. The van der Waals surface area contributed by atoms with Gasteiger partial charge in [-0.3, -0.25) is 0 Å². The molecular weight excluding hydrogens is 707 g/mol. The summed E-state index contributed by atoms with van der Waals surface area (Å²) in [5.74, 6) is 1.95. The zero-order chi connectivity index (χ0) is 37.8. The van der Waals surface area contributed by atoms with Crippen molar-refractivity contribution in [2.45, 2.75) is 0 Å². The lowest BCUT2D eigenvalue weighted by Crippen LogP contribution is -2.73. The maximum atomic E-state index is 5.17. The smallest absolute Gasteiger partial charge is 0.182 e. The molecule has 11 rings (SSSR count). The third-order valence-corrected chi connectivity index (χ3v) is 16.6. The summed E-state index contributed by atoms with van der Waals surface area (Å²) < 4.78 is 0. The number of aromatic nitrogens is 3. The Morgan fingerprint density at radius 1 is 0.263 bits per heavy atom. The first-order chi connectivity index (χ1) is 28.3. The Bertz CT molecular complexity index is 2990. The van der Waals surface area contributed by atoms with E-state index in [0.717, 1.165) is 27.8 Å². The summed E-state index contributed by atoms with van der Waals surface area (Å²) in [4.78, 5) is 15.3. The third kappa shape index (κ3) is 5.30. The molecule has 0 radical (unpaired) electrons. The first-order valence-electron chi connectivity index (χ1n) is 19.4. The SMILES string of the molecule is c1ccc(-c2nc(-c3ccccc3)nc(-c3ccccc3-c3ccc4c(c3)[Si](c3cccc5ccccc35)(c3cccc5ccccc35)c3ccccc3-4)n2)cc1. The fraction of sp³-hybridized carbons (Fsp3) is 0. The lowest BCUT2D eigenvalue weighted by molar-refractivity contribution is 1.07. The second kappa shape index (κ2) is 13.5. The third-order valence-electron chi connectivity index (χ3n) is 11.6. The van der Waals surface area contributed by atoms with E-state index in [4.69, 9.17) is 15.0 Å². The molecule has 2 heterocycles. The molecule has 9 aromatic carbocycles. The summed E-state index contributed by atoms with van der Waals surface area (Å²) in [6.07, 6.45) is 0. The van der Waals surface area contributed by atoms with Gasteiger partial charge in [0.25, 0.3) is 0 Å². The normalized spacial score (nSPS) is 12.7. The van der Waals surface area contributed by atoms with Crippen molar-refractivity contribution in [3.63, 3.8) is 0 Å². The Kier molecular flexibility index (Phi) is 7.83. The topological polar surface area (TPSA) is 38.7 Å². The van der Waals surface area contributed by atoms with Gasteiger partial charge in [0.2, 0.25) is 0 Å². The van der Waals surface area contributed by atoms with Crippen molar-refractivity contribution in [1.82, 2.24) is 15.0 Å². The van der Waals surface area contributed by atoms with Crippen molar-refractivity contribution in [1.29, 1.82) is 0 Å². The van der Waals surface area contributed by atoms with Crippen LogP contribution in [0.3, 0.4) is 0 Å². The van der Waals surface area contributed by atoms with Crippen LogP contribution >= 0.6 is 0 Å². The first-order valence-corrected chi connectivity index (χ1v) is 21.4. The maximum Gasteiger partial charge on any atom is 0.182 e. The molecule has 0 unspecified atom stereocenters. The predicted octanol–water partition coefficient (Wildman–Crippen LogP) is 10.2. The van der Waals surface area contributed by atoms with Crippen molar-refractivity contribution in [3.8, 4) is 56.4 Å². The average Bonchev–Trinajstić information content (AvgIpc) is 3.59. The van der Waals surface area contributed by atoms with Crippen molar-refractivity contribution in [2.75, 3.05) is 0 Å². The number of benzene rings is 9. The molecular formula is C53H35N3Si. The zero-order valence-electron chi connectivity index (χ0n) is 31.0. The Morgan fingerprint density at radius 3 is 1.32 bits per heavy atom. The molecule has 1 aliphatic rings. The zero-order valence-corrected chi connectivity index (χ0v) is 32.0. The van der Waals surface area contributed by atoms with E-state index in [-0.39, 0.29) is 0 Å². The van der Waals surface area contributed by atoms with Crippen LogP contribution in [0.5, 0.6) is 0 Å². The van der Waals surface area contributed by atoms with E-state index in [0.29, 0.717) is 17.5 Å². The molecule has 57 heavy (non-hydrogen) atoms. The van der Waals surface area contributed by atoms with Crippen LogP contribution in [0.25, 0.3) is 78.0 Å². The van der Waals surface area contributed by atoms with E-state index in [1.807, 2.05) is 36.4 Å². The van der Waals surface area contributed by atoms with Crippen LogP contribution in [0.2, 0.25) is 0 Å². The van der Waals surface area contributed by atoms with Gasteiger partial charge in [-0.2, -0.15) is 0 Å². The lowest BCUT2D eigenvalue weighted by atomic mass is 9.96. The molecule has 0 spiro atoms. The minimum absolute atomic E-state index is 0.647. The van der Waals surface area contributed by atoms with Gasteiger partial charge < -0.3 is 0 Å².